The first-order chi connectivity index (χ1) is 26.3. The van der Waals surface area contributed by atoms with Crippen LogP contribution in [0.1, 0.15) is 142 Å². The second kappa shape index (κ2) is 34.9. The van der Waals surface area contributed by atoms with Crippen LogP contribution in [0, 0.1) is 0 Å². The molecule has 1 aliphatic rings. The Labute approximate surface area is 326 Å². The Kier molecular flexibility index (Phi) is 31.9. The summed E-state index contributed by atoms with van der Waals surface area (Å²) in [5.41, 5.74) is 5.34. The van der Waals surface area contributed by atoms with Crippen molar-refractivity contribution in [2.24, 2.45) is 5.73 Å². The lowest BCUT2D eigenvalue weighted by atomic mass is 10.1. The quantitative estimate of drug-likeness (QED) is 0.0207. The smallest absolute Gasteiger partial charge is 0.462 e. The van der Waals surface area contributed by atoms with Crippen LogP contribution < -0.4 is 5.73 Å². The van der Waals surface area contributed by atoms with Crippen LogP contribution in [0.3, 0.4) is 0 Å². The first kappa shape index (κ1) is 49.4. The van der Waals surface area contributed by atoms with Crippen LogP contribution in [0.2, 0.25) is 0 Å². The Hall–Kier alpha value is -2.59. The summed E-state index contributed by atoms with van der Waals surface area (Å²) in [6, 6.07) is 0. The summed E-state index contributed by atoms with van der Waals surface area (Å²) in [6.07, 6.45) is 43.9. The number of hydrogen-bond donors (Lipinski definition) is 2. The standard InChI is InChI=1S/C43H72NO9P/c1-3-5-7-9-11-12-13-14-15-16-17-18-19-20-21-25-29-33-42(45)49-37-39(38-51-54(47,48)50-36-35-44)52-43(46)34-30-26-22-24-28-32-41-40(53-41)31-27-23-10-8-6-4-2/h5,7,11-12,14-15,17-18,20-21,23,27,39-41H,3-4,6,8-10,13,16,19,22,24-26,28-38,44H2,1-2H3,(H,47,48)/b7-5-,12-11-,15-14-,18-17-,21-20-,27-23-/t39-,40?,41?/m1/s1. The summed E-state index contributed by atoms with van der Waals surface area (Å²) in [7, 11) is -4.40. The average molecular weight is 778 g/mol. The van der Waals surface area contributed by atoms with Gasteiger partial charge in [0.2, 0.25) is 0 Å². The fourth-order valence-corrected chi connectivity index (χ4v) is 6.15. The molecule has 0 aromatic rings. The van der Waals surface area contributed by atoms with Crippen LogP contribution in [0.5, 0.6) is 0 Å². The van der Waals surface area contributed by atoms with E-state index in [1.165, 1.54) is 19.3 Å². The van der Waals surface area contributed by atoms with Crippen LogP contribution in [-0.4, -0.2) is 61.5 Å². The van der Waals surface area contributed by atoms with Gasteiger partial charge >= 0.3 is 19.8 Å². The molecule has 10 nitrogen and oxygen atoms in total. The molecule has 3 N–H and O–H groups in total. The minimum Gasteiger partial charge on any atom is -0.462 e. The van der Waals surface area contributed by atoms with Crippen molar-refractivity contribution >= 4 is 19.8 Å². The number of nitrogens with two attached hydrogens (primary N) is 1. The van der Waals surface area contributed by atoms with Crippen LogP contribution in [0.4, 0.5) is 0 Å². The Balaban J connectivity index is 2.26. The lowest BCUT2D eigenvalue weighted by Crippen LogP contribution is -2.29. The number of esters is 2. The number of phosphoric acid groups is 1. The van der Waals surface area contributed by atoms with E-state index in [4.69, 9.17) is 29.0 Å². The highest BCUT2D eigenvalue weighted by Gasteiger charge is 2.36. The van der Waals surface area contributed by atoms with Gasteiger partial charge in [0.1, 0.15) is 6.61 Å². The van der Waals surface area contributed by atoms with Crippen LogP contribution in [0.15, 0.2) is 72.9 Å². The van der Waals surface area contributed by atoms with Gasteiger partial charge < -0.3 is 24.8 Å². The monoisotopic (exact) mass is 777 g/mol. The highest BCUT2D eigenvalue weighted by atomic mass is 31.2. The molecule has 0 spiro atoms. The van der Waals surface area contributed by atoms with Gasteiger partial charge in [-0.1, -0.05) is 125 Å². The van der Waals surface area contributed by atoms with Crippen molar-refractivity contribution in [3.05, 3.63) is 72.9 Å². The highest BCUT2D eigenvalue weighted by Crippen LogP contribution is 2.43. The minimum atomic E-state index is -4.40. The van der Waals surface area contributed by atoms with E-state index in [0.717, 1.165) is 83.5 Å². The van der Waals surface area contributed by atoms with Gasteiger partial charge in [-0.3, -0.25) is 18.6 Å². The van der Waals surface area contributed by atoms with Gasteiger partial charge in [-0.2, -0.15) is 0 Å². The molecule has 0 amide bonds. The zero-order valence-electron chi connectivity index (χ0n) is 33.4. The van der Waals surface area contributed by atoms with E-state index in [-0.39, 0.29) is 32.6 Å². The van der Waals surface area contributed by atoms with Crippen molar-refractivity contribution < 1.29 is 42.3 Å². The third-order valence-electron chi connectivity index (χ3n) is 8.50. The molecule has 4 atom stereocenters. The lowest BCUT2D eigenvalue weighted by molar-refractivity contribution is -0.161. The Morgan fingerprint density at radius 1 is 0.685 bits per heavy atom. The molecule has 0 aromatic heterocycles. The maximum atomic E-state index is 12.6. The number of carbonyl (C=O) groups is 2. The lowest BCUT2D eigenvalue weighted by Gasteiger charge is -2.19. The molecule has 11 heteroatoms. The average Bonchev–Trinajstić information content (AvgIpc) is 3.91. The zero-order chi connectivity index (χ0) is 39.4. The molecule has 308 valence electrons. The minimum absolute atomic E-state index is 0.0370. The van der Waals surface area contributed by atoms with Gasteiger partial charge in [-0.15, -0.1) is 0 Å². The van der Waals surface area contributed by atoms with Crippen molar-refractivity contribution in [3.63, 3.8) is 0 Å². The van der Waals surface area contributed by atoms with Gasteiger partial charge in [0.25, 0.3) is 0 Å². The van der Waals surface area contributed by atoms with Crippen LogP contribution in [0.25, 0.3) is 0 Å². The van der Waals surface area contributed by atoms with E-state index < -0.39 is 32.5 Å². The van der Waals surface area contributed by atoms with Crippen LogP contribution in [-0.2, 0) is 37.4 Å². The van der Waals surface area contributed by atoms with Gasteiger partial charge in [0.05, 0.1) is 25.4 Å². The van der Waals surface area contributed by atoms with Crippen molar-refractivity contribution in [3.8, 4) is 0 Å². The van der Waals surface area contributed by atoms with Gasteiger partial charge in [-0.05, 0) is 77.0 Å². The largest absolute Gasteiger partial charge is 0.472 e. The molecule has 1 rings (SSSR count). The molecule has 0 bridgehead atoms. The Morgan fingerprint density at radius 3 is 1.94 bits per heavy atom. The third kappa shape index (κ3) is 31.7. The number of unbranched alkanes of at least 4 members (excludes halogenated alkanes) is 8. The molecule has 0 aliphatic carbocycles. The number of hydrogen-bond acceptors (Lipinski definition) is 9. The second-order valence-electron chi connectivity index (χ2n) is 13.5. The van der Waals surface area contributed by atoms with Crippen molar-refractivity contribution in [1.29, 1.82) is 0 Å². The summed E-state index contributed by atoms with van der Waals surface area (Å²) < 4.78 is 38.5. The van der Waals surface area contributed by atoms with Gasteiger partial charge in [-0.25, -0.2) is 4.57 Å². The van der Waals surface area contributed by atoms with E-state index in [2.05, 4.69) is 80.7 Å². The number of allylic oxidation sites excluding steroid dienone is 11. The molecule has 1 fully saturated rings. The maximum absolute atomic E-state index is 12.6. The molecule has 54 heavy (non-hydrogen) atoms. The highest BCUT2D eigenvalue weighted by molar-refractivity contribution is 7.47. The van der Waals surface area contributed by atoms with E-state index in [1.807, 2.05) is 6.08 Å². The summed E-state index contributed by atoms with van der Waals surface area (Å²) in [5, 5.41) is 0. The maximum Gasteiger partial charge on any atom is 0.472 e. The van der Waals surface area contributed by atoms with Gasteiger partial charge in [0.15, 0.2) is 6.10 Å². The summed E-state index contributed by atoms with van der Waals surface area (Å²) in [4.78, 5) is 34.8. The summed E-state index contributed by atoms with van der Waals surface area (Å²) in [5.74, 6) is -0.928. The molecule has 0 saturated carbocycles. The molecule has 0 aromatic carbocycles. The number of rotatable bonds is 36. The predicted molar refractivity (Wildman–Crippen MR) is 219 cm³/mol. The molecule has 1 aliphatic heterocycles. The van der Waals surface area contributed by atoms with E-state index in [1.54, 1.807) is 0 Å². The number of phosphoric ester groups is 1. The Bertz CT molecular complexity index is 1180. The number of ether oxygens (including phenoxy) is 3. The van der Waals surface area contributed by atoms with Crippen molar-refractivity contribution in [1.82, 2.24) is 0 Å². The van der Waals surface area contributed by atoms with Gasteiger partial charge in [0, 0.05) is 19.4 Å². The molecule has 3 unspecified atom stereocenters. The molecular weight excluding hydrogens is 705 g/mol. The van der Waals surface area contributed by atoms with E-state index in [0.29, 0.717) is 25.0 Å². The first-order valence-electron chi connectivity index (χ1n) is 20.5. The van der Waals surface area contributed by atoms with E-state index >= 15 is 0 Å². The van der Waals surface area contributed by atoms with E-state index in [9.17, 15) is 19.0 Å². The fraction of sp³-hybridized carbons (Fsp3) is 0.674. The number of epoxide rings is 1. The SMILES string of the molecule is CC/C=C\C/C=C\C/C=C\C/C=C\C/C=C\CCCC(=O)OC[C@H](COP(=O)(O)OCCN)OC(=O)CCCCCCCC1OC1C/C=C\CCCCC. The predicted octanol–water partition coefficient (Wildman–Crippen LogP) is 10.5. The topological polar surface area (TPSA) is 147 Å². The summed E-state index contributed by atoms with van der Waals surface area (Å²) >= 11 is 0. The molecular formula is C43H72NO9P. The Morgan fingerprint density at radius 2 is 1.28 bits per heavy atom. The zero-order valence-corrected chi connectivity index (χ0v) is 34.3. The first-order valence-corrected chi connectivity index (χ1v) is 22.0. The summed E-state index contributed by atoms with van der Waals surface area (Å²) in [6.45, 7) is 3.47. The molecule has 0 radical (unpaired) electrons. The molecule has 1 saturated heterocycles. The fourth-order valence-electron chi connectivity index (χ4n) is 5.38. The van der Waals surface area contributed by atoms with Crippen molar-refractivity contribution in [2.45, 2.75) is 161 Å². The third-order valence-corrected chi connectivity index (χ3v) is 9.48. The molecule has 1 heterocycles. The van der Waals surface area contributed by atoms with Crippen LogP contribution >= 0.6 is 7.82 Å². The van der Waals surface area contributed by atoms with Crippen molar-refractivity contribution in [2.75, 3.05) is 26.4 Å². The number of carbonyl (C=O) groups excluding carboxylic acids is 2. The second-order valence-corrected chi connectivity index (χ2v) is 15.0. The normalized spacial score (nSPS) is 17.9.